The van der Waals surface area contributed by atoms with Gasteiger partial charge in [0.2, 0.25) is 0 Å². The molecule has 0 N–H and O–H groups in total. The number of hydrogen-bond donors (Lipinski definition) is 0. The van der Waals surface area contributed by atoms with Gasteiger partial charge in [0, 0.05) is 13.3 Å². The third-order valence-corrected chi connectivity index (χ3v) is 3.19. The van der Waals surface area contributed by atoms with Crippen LogP contribution in [0.3, 0.4) is 0 Å². The number of carbonyl (C=O) groups is 3. The molecule has 0 amide bonds. The first kappa shape index (κ1) is 20.1. The summed E-state index contributed by atoms with van der Waals surface area (Å²) in [4.78, 5) is 35.5. The Morgan fingerprint density at radius 2 is 1.88 bits per heavy atom. The topological polar surface area (TPSA) is 94.5 Å². The molecule has 0 bridgehead atoms. The molecule has 0 heterocycles. The molecule has 1 aromatic rings. The first-order valence-corrected chi connectivity index (χ1v) is 7.70. The van der Waals surface area contributed by atoms with Crippen molar-refractivity contribution in [2.75, 3.05) is 20.8 Å². The summed E-state index contributed by atoms with van der Waals surface area (Å²) < 4.78 is 14.7. The summed E-state index contributed by atoms with van der Waals surface area (Å²) in [7, 11) is 2.79. The molecule has 0 spiro atoms. The first-order valence-electron chi connectivity index (χ1n) is 7.70. The van der Waals surface area contributed by atoms with E-state index in [2.05, 4.69) is 9.84 Å². The van der Waals surface area contributed by atoms with E-state index in [4.69, 9.17) is 9.47 Å². The molecule has 0 aliphatic rings. The monoisotopic (exact) mass is 350 g/mol. The minimum absolute atomic E-state index is 0.204. The summed E-state index contributed by atoms with van der Waals surface area (Å²) >= 11 is 0. The number of likely N-dealkylation sites (N-methyl/N-ethyl adjacent to an activating group) is 1. The average Bonchev–Trinajstić information content (AvgIpc) is 2.60. The molecule has 8 nitrogen and oxygen atoms in total. The Labute approximate surface area is 146 Å². The third-order valence-electron chi connectivity index (χ3n) is 3.19. The molecule has 1 atom stereocenters. The minimum Gasteiger partial charge on any atom is -0.469 e. The highest BCUT2D eigenvalue weighted by molar-refractivity contribution is 5.89. The molecule has 1 rings (SSSR count). The lowest BCUT2D eigenvalue weighted by Crippen LogP contribution is -2.40. The van der Waals surface area contributed by atoms with E-state index in [0.29, 0.717) is 5.56 Å². The Kier molecular flexibility index (Phi) is 8.11. The van der Waals surface area contributed by atoms with E-state index in [9.17, 15) is 14.4 Å². The van der Waals surface area contributed by atoms with Gasteiger partial charge in [-0.3, -0.25) is 9.80 Å². The van der Waals surface area contributed by atoms with Crippen molar-refractivity contribution >= 4 is 24.1 Å². The number of rotatable bonds is 8. The van der Waals surface area contributed by atoms with Crippen LogP contribution in [0.5, 0.6) is 5.75 Å². The largest absolute Gasteiger partial charge is 0.469 e. The van der Waals surface area contributed by atoms with Crippen LogP contribution < -0.4 is 4.74 Å². The fraction of sp³-hybridized carbons (Fsp3) is 0.412. The number of hydrogen-bond acceptors (Lipinski definition) is 8. The van der Waals surface area contributed by atoms with Crippen LogP contribution in [0.4, 0.5) is 0 Å². The SMILES string of the molecule is C/C=N/N(C)C(CC(=O)OC)C(=O)Oc1ccc(C(=O)OCC)cc1. The van der Waals surface area contributed by atoms with Crippen LogP contribution in [0.25, 0.3) is 0 Å². The van der Waals surface area contributed by atoms with Gasteiger partial charge in [0.1, 0.15) is 5.75 Å². The lowest BCUT2D eigenvalue weighted by molar-refractivity contribution is -0.149. The molecule has 0 saturated heterocycles. The zero-order valence-corrected chi connectivity index (χ0v) is 14.7. The number of nitrogens with zero attached hydrogens (tertiary/aromatic N) is 2. The molecule has 25 heavy (non-hydrogen) atoms. The number of hydrazone groups is 1. The van der Waals surface area contributed by atoms with Gasteiger partial charge >= 0.3 is 17.9 Å². The van der Waals surface area contributed by atoms with Gasteiger partial charge in [0.25, 0.3) is 0 Å². The Hall–Kier alpha value is -2.90. The first-order chi connectivity index (χ1) is 11.9. The van der Waals surface area contributed by atoms with Crippen LogP contribution in [0.1, 0.15) is 30.6 Å². The van der Waals surface area contributed by atoms with Crippen LogP contribution in [0.15, 0.2) is 29.4 Å². The smallest absolute Gasteiger partial charge is 0.338 e. The van der Waals surface area contributed by atoms with Gasteiger partial charge < -0.3 is 14.2 Å². The fourth-order valence-corrected chi connectivity index (χ4v) is 1.93. The summed E-state index contributed by atoms with van der Waals surface area (Å²) in [5.41, 5.74) is 0.348. The molecule has 1 unspecified atom stereocenters. The molecule has 0 aromatic heterocycles. The molecular formula is C17H22N2O6. The second-order valence-corrected chi connectivity index (χ2v) is 4.91. The van der Waals surface area contributed by atoms with Crippen molar-refractivity contribution in [2.45, 2.75) is 26.3 Å². The van der Waals surface area contributed by atoms with Crippen LogP contribution in [-0.4, -0.2) is 55.9 Å². The lowest BCUT2D eigenvalue weighted by atomic mass is 10.2. The zero-order valence-electron chi connectivity index (χ0n) is 14.7. The van der Waals surface area contributed by atoms with E-state index >= 15 is 0 Å². The third kappa shape index (κ3) is 6.25. The number of ether oxygens (including phenoxy) is 3. The molecule has 8 heteroatoms. The normalized spacial score (nSPS) is 11.7. The molecule has 1 aromatic carbocycles. The molecule has 0 aliphatic carbocycles. The molecule has 0 aliphatic heterocycles. The van der Waals surface area contributed by atoms with E-state index in [0.717, 1.165) is 0 Å². The van der Waals surface area contributed by atoms with E-state index in [1.165, 1.54) is 42.6 Å². The van der Waals surface area contributed by atoms with Crippen LogP contribution in [-0.2, 0) is 19.1 Å². The van der Waals surface area contributed by atoms with Crippen molar-refractivity contribution in [1.82, 2.24) is 5.01 Å². The number of benzene rings is 1. The summed E-state index contributed by atoms with van der Waals surface area (Å²) in [6.45, 7) is 3.67. The summed E-state index contributed by atoms with van der Waals surface area (Å²) in [6, 6.07) is 4.99. The fourth-order valence-electron chi connectivity index (χ4n) is 1.93. The molecule has 0 radical (unpaired) electrons. The molecule has 0 fully saturated rings. The van der Waals surface area contributed by atoms with E-state index in [-0.39, 0.29) is 18.8 Å². The van der Waals surface area contributed by atoms with Crippen molar-refractivity contribution in [3.05, 3.63) is 29.8 Å². The standard InChI is InChI=1S/C17H22N2O6/c1-5-18-19(3)14(11-15(20)23-4)17(22)25-13-9-7-12(8-10-13)16(21)24-6-2/h5,7-10,14H,6,11H2,1-4H3/b18-5+. The van der Waals surface area contributed by atoms with Crippen molar-refractivity contribution in [1.29, 1.82) is 0 Å². The summed E-state index contributed by atoms with van der Waals surface area (Å²) in [6.07, 6.45) is 1.29. The summed E-state index contributed by atoms with van der Waals surface area (Å²) in [5, 5.41) is 5.30. The second-order valence-electron chi connectivity index (χ2n) is 4.91. The lowest BCUT2D eigenvalue weighted by Gasteiger charge is -2.22. The Morgan fingerprint density at radius 3 is 2.40 bits per heavy atom. The van der Waals surface area contributed by atoms with Gasteiger partial charge in [-0.2, -0.15) is 5.10 Å². The van der Waals surface area contributed by atoms with Gasteiger partial charge in [-0.15, -0.1) is 0 Å². The maximum atomic E-state index is 12.4. The van der Waals surface area contributed by atoms with Gasteiger partial charge in [0.05, 0.1) is 25.7 Å². The Balaban J connectivity index is 2.84. The number of carbonyl (C=O) groups excluding carboxylic acids is 3. The molecular weight excluding hydrogens is 328 g/mol. The van der Waals surface area contributed by atoms with Gasteiger partial charge in [-0.05, 0) is 38.1 Å². The average molecular weight is 350 g/mol. The van der Waals surface area contributed by atoms with Crippen molar-refractivity contribution < 1.29 is 28.6 Å². The predicted molar refractivity (Wildman–Crippen MR) is 90.4 cm³/mol. The highest BCUT2D eigenvalue weighted by Crippen LogP contribution is 2.16. The van der Waals surface area contributed by atoms with Gasteiger partial charge in [0.15, 0.2) is 6.04 Å². The van der Waals surface area contributed by atoms with E-state index in [1.54, 1.807) is 20.9 Å². The van der Waals surface area contributed by atoms with Gasteiger partial charge in [-0.25, -0.2) is 9.59 Å². The summed E-state index contributed by atoms with van der Waals surface area (Å²) in [5.74, 6) is -1.44. The van der Waals surface area contributed by atoms with E-state index in [1.807, 2.05) is 0 Å². The van der Waals surface area contributed by atoms with Gasteiger partial charge in [-0.1, -0.05) is 0 Å². The Bertz CT molecular complexity index is 627. The zero-order chi connectivity index (χ0) is 18.8. The highest BCUT2D eigenvalue weighted by Gasteiger charge is 2.28. The maximum Gasteiger partial charge on any atom is 0.338 e. The van der Waals surface area contributed by atoms with E-state index < -0.39 is 23.9 Å². The predicted octanol–water partition coefficient (Wildman–Crippen LogP) is 1.64. The Morgan fingerprint density at radius 1 is 1.24 bits per heavy atom. The van der Waals surface area contributed by atoms with Crippen molar-refractivity contribution in [3.63, 3.8) is 0 Å². The number of esters is 3. The number of methoxy groups -OCH3 is 1. The van der Waals surface area contributed by atoms with Crippen LogP contribution in [0, 0.1) is 0 Å². The molecule has 0 saturated carbocycles. The maximum absolute atomic E-state index is 12.4. The molecule has 136 valence electrons. The van der Waals surface area contributed by atoms with Crippen LogP contribution in [0.2, 0.25) is 0 Å². The van der Waals surface area contributed by atoms with Crippen molar-refractivity contribution in [3.8, 4) is 5.75 Å². The quantitative estimate of drug-likeness (QED) is 0.304. The minimum atomic E-state index is -0.937. The second kappa shape index (κ2) is 10.1. The van der Waals surface area contributed by atoms with Crippen LogP contribution >= 0.6 is 0 Å². The highest BCUT2D eigenvalue weighted by atomic mass is 16.5. The van der Waals surface area contributed by atoms with Crippen molar-refractivity contribution in [2.24, 2.45) is 5.10 Å².